The Morgan fingerprint density at radius 2 is 1.38 bits per heavy atom. The molecule has 0 bridgehead atoms. The summed E-state index contributed by atoms with van der Waals surface area (Å²) in [5.74, 6) is 0.0612. The van der Waals surface area contributed by atoms with Gasteiger partial charge in [-0.25, -0.2) is 4.79 Å². The Bertz CT molecular complexity index is 676. The second-order valence-corrected chi connectivity index (χ2v) is 10.8. The molecule has 0 saturated carbocycles. The number of rotatable bonds is 19. The quantitative estimate of drug-likeness (QED) is 0.262. The number of aromatic nitrogens is 2. The number of aryl methyl sites for hydroxylation is 1. The first-order valence-corrected chi connectivity index (χ1v) is 12.8. The zero-order chi connectivity index (χ0) is 24.0. The summed E-state index contributed by atoms with van der Waals surface area (Å²) < 4.78 is 8.86. The Morgan fingerprint density at radius 1 is 0.844 bits per heavy atom. The molecule has 0 aliphatic rings. The molecule has 0 aliphatic carbocycles. The average molecular weight is 455 g/mol. The molecular formula is C26H50N2O4. The van der Waals surface area contributed by atoms with Crippen LogP contribution in [0, 0.1) is 10.8 Å². The molecule has 0 amide bonds. The predicted octanol–water partition coefficient (Wildman–Crippen LogP) is 5.73. The maximum atomic E-state index is 12.2. The third-order valence-corrected chi connectivity index (χ3v) is 6.67. The standard InChI is InChI=1S/C26H50N2O4/c1-6-27-22-23(30)28(24(27)31)18-17-26(4,5)16-10-13-21-32-20-12-9-15-25(2,3)14-8-7-11-19-29/h22,29-30H,6-21H2,1-5H3. The van der Waals surface area contributed by atoms with Crippen LogP contribution in [0.3, 0.4) is 0 Å². The van der Waals surface area contributed by atoms with Gasteiger partial charge in [0.05, 0.1) is 6.20 Å². The molecule has 0 fully saturated rings. The van der Waals surface area contributed by atoms with Crippen LogP contribution in [0.1, 0.15) is 105 Å². The summed E-state index contributed by atoms with van der Waals surface area (Å²) in [4.78, 5) is 12.2. The molecule has 1 aromatic rings. The molecule has 6 heteroatoms. The topological polar surface area (TPSA) is 76.6 Å². The molecule has 1 heterocycles. The van der Waals surface area contributed by atoms with Gasteiger partial charge < -0.3 is 14.9 Å². The van der Waals surface area contributed by atoms with E-state index in [4.69, 9.17) is 9.84 Å². The monoisotopic (exact) mass is 454 g/mol. The van der Waals surface area contributed by atoms with Crippen LogP contribution in [0.4, 0.5) is 0 Å². The van der Waals surface area contributed by atoms with Crippen molar-refractivity contribution in [3.63, 3.8) is 0 Å². The molecule has 0 aromatic carbocycles. The van der Waals surface area contributed by atoms with Crippen LogP contribution in [-0.4, -0.2) is 39.2 Å². The molecule has 0 unspecified atom stereocenters. The lowest BCUT2D eigenvalue weighted by atomic mass is 9.82. The first kappa shape index (κ1) is 28.8. The summed E-state index contributed by atoms with van der Waals surface area (Å²) in [7, 11) is 0. The van der Waals surface area contributed by atoms with Gasteiger partial charge in [-0.3, -0.25) is 9.13 Å². The van der Waals surface area contributed by atoms with Crippen molar-refractivity contribution < 1.29 is 14.9 Å². The van der Waals surface area contributed by atoms with Gasteiger partial charge in [-0.05, 0) is 62.7 Å². The molecule has 0 radical (unpaired) electrons. The molecule has 0 saturated heterocycles. The van der Waals surface area contributed by atoms with Gasteiger partial charge in [-0.2, -0.15) is 0 Å². The maximum Gasteiger partial charge on any atom is 0.331 e. The van der Waals surface area contributed by atoms with Crippen molar-refractivity contribution in [2.24, 2.45) is 10.8 Å². The summed E-state index contributed by atoms with van der Waals surface area (Å²) in [6.07, 6.45) is 13.7. The second-order valence-electron chi connectivity index (χ2n) is 10.8. The van der Waals surface area contributed by atoms with E-state index in [0.29, 0.717) is 25.1 Å². The van der Waals surface area contributed by atoms with Crippen molar-refractivity contribution in [2.45, 2.75) is 118 Å². The highest BCUT2D eigenvalue weighted by molar-refractivity contribution is 5.05. The minimum Gasteiger partial charge on any atom is -0.493 e. The number of ether oxygens (including phenoxy) is 1. The van der Waals surface area contributed by atoms with E-state index in [9.17, 15) is 9.90 Å². The van der Waals surface area contributed by atoms with Gasteiger partial charge >= 0.3 is 5.69 Å². The minimum atomic E-state index is -0.126. The van der Waals surface area contributed by atoms with Crippen LogP contribution in [0.2, 0.25) is 0 Å². The van der Waals surface area contributed by atoms with Gasteiger partial charge in [0.1, 0.15) is 0 Å². The minimum absolute atomic E-state index is 0.0612. The van der Waals surface area contributed by atoms with Crippen molar-refractivity contribution in [3.05, 3.63) is 16.7 Å². The molecule has 0 atom stereocenters. The van der Waals surface area contributed by atoms with E-state index in [0.717, 1.165) is 58.2 Å². The lowest BCUT2D eigenvalue weighted by Gasteiger charge is -2.25. The number of hydrogen-bond acceptors (Lipinski definition) is 4. The number of hydrogen-bond donors (Lipinski definition) is 2. The number of aliphatic hydroxyl groups excluding tert-OH is 1. The van der Waals surface area contributed by atoms with Crippen molar-refractivity contribution in [3.8, 4) is 5.88 Å². The van der Waals surface area contributed by atoms with E-state index in [1.165, 1.54) is 36.4 Å². The molecule has 0 aliphatic heterocycles. The summed E-state index contributed by atoms with van der Waals surface area (Å²) in [6, 6.07) is 0. The van der Waals surface area contributed by atoms with E-state index in [2.05, 4.69) is 27.7 Å². The third kappa shape index (κ3) is 11.6. The van der Waals surface area contributed by atoms with E-state index < -0.39 is 0 Å². The van der Waals surface area contributed by atoms with E-state index in [1.54, 1.807) is 4.57 Å². The third-order valence-electron chi connectivity index (χ3n) is 6.67. The second kappa shape index (κ2) is 14.8. The summed E-state index contributed by atoms with van der Waals surface area (Å²) in [6.45, 7) is 14.2. The first-order chi connectivity index (χ1) is 15.1. The van der Waals surface area contributed by atoms with E-state index in [-0.39, 0.29) is 17.0 Å². The Balaban J connectivity index is 2.10. The Kier molecular flexibility index (Phi) is 13.3. The summed E-state index contributed by atoms with van der Waals surface area (Å²) in [5.41, 5.74) is 0.393. The van der Waals surface area contributed by atoms with Crippen molar-refractivity contribution >= 4 is 0 Å². The van der Waals surface area contributed by atoms with Gasteiger partial charge in [0.25, 0.3) is 0 Å². The number of aliphatic hydroxyl groups is 1. The Morgan fingerprint density at radius 3 is 1.88 bits per heavy atom. The molecule has 0 spiro atoms. The average Bonchev–Trinajstić information content (AvgIpc) is 3.01. The maximum absolute atomic E-state index is 12.2. The highest BCUT2D eigenvalue weighted by Gasteiger charge is 2.19. The highest BCUT2D eigenvalue weighted by Crippen LogP contribution is 2.30. The fraction of sp³-hybridized carbons (Fsp3) is 0.885. The Labute approximate surface area is 196 Å². The number of nitrogens with zero attached hydrogens (tertiary/aromatic N) is 2. The summed E-state index contributed by atoms with van der Waals surface area (Å²) in [5, 5.41) is 18.9. The van der Waals surface area contributed by atoms with Crippen molar-refractivity contribution in [1.29, 1.82) is 0 Å². The summed E-state index contributed by atoms with van der Waals surface area (Å²) >= 11 is 0. The van der Waals surface area contributed by atoms with E-state index >= 15 is 0 Å². The normalized spacial score (nSPS) is 12.6. The zero-order valence-corrected chi connectivity index (χ0v) is 21.5. The molecule has 1 aromatic heterocycles. The molecule has 2 N–H and O–H groups in total. The Hall–Kier alpha value is -1.27. The van der Waals surface area contributed by atoms with Gasteiger partial charge in [-0.15, -0.1) is 0 Å². The van der Waals surface area contributed by atoms with Crippen LogP contribution in [0.5, 0.6) is 5.88 Å². The largest absolute Gasteiger partial charge is 0.493 e. The van der Waals surface area contributed by atoms with Gasteiger partial charge in [0.2, 0.25) is 5.88 Å². The molecular weight excluding hydrogens is 404 g/mol. The molecule has 6 nitrogen and oxygen atoms in total. The predicted molar refractivity (Wildman–Crippen MR) is 132 cm³/mol. The van der Waals surface area contributed by atoms with Crippen molar-refractivity contribution in [1.82, 2.24) is 9.13 Å². The SMILES string of the molecule is CCn1cc(O)n(CCC(C)(C)CCCCOCCCCC(C)(C)CCCCCO)c1=O. The number of aromatic hydroxyl groups is 1. The van der Waals surface area contributed by atoms with Crippen LogP contribution in [-0.2, 0) is 17.8 Å². The van der Waals surface area contributed by atoms with Crippen molar-refractivity contribution in [2.75, 3.05) is 19.8 Å². The fourth-order valence-corrected chi connectivity index (χ4v) is 4.23. The van der Waals surface area contributed by atoms with Crippen LogP contribution in [0.25, 0.3) is 0 Å². The molecule has 1 rings (SSSR count). The van der Waals surface area contributed by atoms with Crippen LogP contribution >= 0.6 is 0 Å². The number of unbranched alkanes of at least 4 members (excludes halogenated alkanes) is 4. The van der Waals surface area contributed by atoms with Gasteiger partial charge in [0, 0.05) is 32.9 Å². The zero-order valence-electron chi connectivity index (χ0n) is 21.5. The molecule has 32 heavy (non-hydrogen) atoms. The van der Waals surface area contributed by atoms with Crippen LogP contribution in [0.15, 0.2) is 11.0 Å². The van der Waals surface area contributed by atoms with Gasteiger partial charge in [-0.1, -0.05) is 53.4 Å². The molecule has 188 valence electrons. The van der Waals surface area contributed by atoms with Gasteiger partial charge in [0.15, 0.2) is 0 Å². The lowest BCUT2D eigenvalue weighted by Crippen LogP contribution is -2.26. The smallest absolute Gasteiger partial charge is 0.331 e. The number of imidazole rings is 1. The van der Waals surface area contributed by atoms with Crippen LogP contribution < -0.4 is 5.69 Å². The first-order valence-electron chi connectivity index (χ1n) is 12.8. The fourth-order valence-electron chi connectivity index (χ4n) is 4.23. The lowest BCUT2D eigenvalue weighted by molar-refractivity contribution is 0.119. The highest BCUT2D eigenvalue weighted by atomic mass is 16.5. The van der Waals surface area contributed by atoms with E-state index in [1.807, 2.05) is 6.92 Å².